The largest absolute Gasteiger partial charge is 0.308 e. The molecule has 0 atom stereocenters. The lowest BCUT2D eigenvalue weighted by Gasteiger charge is -2.16. The van der Waals surface area contributed by atoms with E-state index in [1.54, 1.807) is 0 Å². The average molecular weight is 809 g/mol. The summed E-state index contributed by atoms with van der Waals surface area (Å²) >= 11 is 1.84. The van der Waals surface area contributed by atoms with Crippen molar-refractivity contribution in [3.63, 3.8) is 0 Å². The van der Waals surface area contributed by atoms with Gasteiger partial charge in [-0.25, -0.2) is 15.0 Å². The number of nitrogens with zero attached hydrogens (tertiary/aromatic N) is 4. The van der Waals surface area contributed by atoms with E-state index < -0.39 is 0 Å². The summed E-state index contributed by atoms with van der Waals surface area (Å²) in [6.45, 7) is 0. The maximum atomic E-state index is 5.38. The van der Waals surface area contributed by atoms with E-state index in [-0.39, 0.29) is 0 Å². The molecule has 4 nitrogen and oxygen atoms in total. The molecule has 0 saturated carbocycles. The number of hydrogen-bond donors (Lipinski definition) is 0. The lowest BCUT2D eigenvalue weighted by molar-refractivity contribution is 1.06. The van der Waals surface area contributed by atoms with Crippen LogP contribution in [0.1, 0.15) is 0 Å². The van der Waals surface area contributed by atoms with Gasteiger partial charge >= 0.3 is 0 Å². The second-order valence-electron chi connectivity index (χ2n) is 15.6. The fourth-order valence-electron chi connectivity index (χ4n) is 8.84. The second-order valence-corrected chi connectivity index (χ2v) is 16.7. The number of thiophene rings is 1. The number of hydrogen-bond acceptors (Lipinski definition) is 4. The van der Waals surface area contributed by atoms with Gasteiger partial charge in [-0.3, -0.25) is 0 Å². The van der Waals surface area contributed by atoms with Crippen LogP contribution >= 0.6 is 11.3 Å². The minimum atomic E-state index is 0.602. The Morgan fingerprint density at radius 2 is 0.758 bits per heavy atom. The standard InChI is InChI=1S/C57H36N4S/c1-3-14-37(15-4-1)39-26-28-40(29-27-39)55-58-56(44-19-13-18-41(34-44)42-31-33-54-49(35-42)47-22-9-12-25-53(47)62-54)60-57(59-55)48-32-30-43(38-16-5-2-6-17-38)36-52(48)61-50-23-10-7-20-45(50)46-21-8-11-24-51(46)61/h1-36H. The van der Waals surface area contributed by atoms with E-state index in [2.05, 4.69) is 217 Å². The maximum absolute atomic E-state index is 5.38. The van der Waals surface area contributed by atoms with Gasteiger partial charge in [-0.15, -0.1) is 11.3 Å². The Kier molecular flexibility index (Phi) is 8.65. The van der Waals surface area contributed by atoms with Gasteiger partial charge in [0, 0.05) is 47.6 Å². The van der Waals surface area contributed by atoms with Gasteiger partial charge in [0.25, 0.3) is 0 Å². The van der Waals surface area contributed by atoms with Crippen LogP contribution in [0.15, 0.2) is 218 Å². The molecule has 0 spiro atoms. The van der Waals surface area contributed by atoms with Gasteiger partial charge in [-0.1, -0.05) is 170 Å². The molecule has 0 fully saturated rings. The number of benzene rings is 9. The summed E-state index contributed by atoms with van der Waals surface area (Å²) in [4.78, 5) is 16.0. The van der Waals surface area contributed by atoms with Gasteiger partial charge in [0.05, 0.1) is 16.7 Å². The van der Waals surface area contributed by atoms with Gasteiger partial charge < -0.3 is 4.57 Å². The molecule has 0 bridgehead atoms. The van der Waals surface area contributed by atoms with Crippen LogP contribution in [0.5, 0.6) is 0 Å². The number of para-hydroxylation sites is 2. The van der Waals surface area contributed by atoms with Crippen molar-refractivity contribution in [2.45, 2.75) is 0 Å². The molecule has 290 valence electrons. The molecule has 5 heteroatoms. The van der Waals surface area contributed by atoms with E-state index in [9.17, 15) is 0 Å². The topological polar surface area (TPSA) is 43.6 Å². The zero-order valence-corrected chi connectivity index (χ0v) is 34.3. The molecule has 0 aliphatic heterocycles. The van der Waals surface area contributed by atoms with Crippen LogP contribution in [0.2, 0.25) is 0 Å². The highest BCUT2D eigenvalue weighted by atomic mass is 32.1. The average Bonchev–Trinajstić information content (AvgIpc) is 3.90. The molecule has 3 aromatic heterocycles. The van der Waals surface area contributed by atoms with Crippen LogP contribution in [0, 0.1) is 0 Å². The van der Waals surface area contributed by atoms with E-state index in [1.165, 1.54) is 30.9 Å². The summed E-state index contributed by atoms with van der Waals surface area (Å²) in [5.74, 6) is 1.83. The fraction of sp³-hybridized carbons (Fsp3) is 0. The van der Waals surface area contributed by atoms with Crippen LogP contribution < -0.4 is 0 Å². The Labute approximate surface area is 362 Å². The molecule has 0 N–H and O–H groups in total. The van der Waals surface area contributed by atoms with Gasteiger partial charge in [0.15, 0.2) is 17.5 Å². The van der Waals surface area contributed by atoms with Crippen LogP contribution in [0.25, 0.3) is 115 Å². The highest BCUT2D eigenvalue weighted by Gasteiger charge is 2.21. The first kappa shape index (κ1) is 35.9. The third-order valence-electron chi connectivity index (χ3n) is 11.9. The predicted molar refractivity (Wildman–Crippen MR) is 260 cm³/mol. The molecule has 3 heterocycles. The van der Waals surface area contributed by atoms with E-state index in [0.717, 1.165) is 66.8 Å². The summed E-state index contributed by atoms with van der Waals surface area (Å²) in [5, 5.41) is 4.95. The number of rotatable bonds is 7. The monoisotopic (exact) mass is 808 g/mol. The van der Waals surface area contributed by atoms with Crippen LogP contribution in [0.3, 0.4) is 0 Å². The fourth-order valence-corrected chi connectivity index (χ4v) is 9.92. The summed E-state index contributed by atoms with van der Waals surface area (Å²) in [6, 6.07) is 77.5. The number of aromatic nitrogens is 4. The van der Waals surface area contributed by atoms with Gasteiger partial charge in [0.2, 0.25) is 0 Å². The van der Waals surface area contributed by atoms with Crippen LogP contribution in [-0.2, 0) is 0 Å². The molecule has 0 unspecified atom stereocenters. The highest BCUT2D eigenvalue weighted by Crippen LogP contribution is 2.40. The van der Waals surface area contributed by atoms with Gasteiger partial charge in [0.1, 0.15) is 0 Å². The molecule has 0 radical (unpaired) electrons. The second kappa shape index (κ2) is 14.9. The minimum absolute atomic E-state index is 0.602. The quantitative estimate of drug-likeness (QED) is 0.161. The number of fused-ring (bicyclic) bond motifs is 6. The summed E-state index contributed by atoms with van der Waals surface area (Å²) in [5.41, 5.74) is 12.8. The first-order valence-electron chi connectivity index (χ1n) is 20.8. The maximum Gasteiger partial charge on any atom is 0.166 e. The molecular weight excluding hydrogens is 773 g/mol. The Morgan fingerprint density at radius 1 is 0.290 bits per heavy atom. The van der Waals surface area contributed by atoms with E-state index in [0.29, 0.717) is 17.5 Å². The SMILES string of the molecule is c1ccc(-c2ccc(-c3nc(-c4cccc(-c5ccc6sc7ccccc7c6c5)c4)nc(-c4ccc(-c5ccccc5)cc4-n4c5ccccc5c5ccccc54)n3)cc2)cc1. The molecule has 62 heavy (non-hydrogen) atoms. The van der Waals surface area contributed by atoms with Crippen molar-refractivity contribution in [2.75, 3.05) is 0 Å². The molecular formula is C57H36N4S. The van der Waals surface area contributed by atoms with Crippen LogP contribution in [-0.4, -0.2) is 19.5 Å². The molecule has 0 aliphatic carbocycles. The summed E-state index contributed by atoms with van der Waals surface area (Å²) in [6.07, 6.45) is 0. The smallest absolute Gasteiger partial charge is 0.166 e. The van der Waals surface area contributed by atoms with Crippen LogP contribution in [0.4, 0.5) is 0 Å². The zero-order valence-electron chi connectivity index (χ0n) is 33.5. The molecule has 0 aliphatic rings. The Bertz CT molecular complexity index is 3570. The van der Waals surface area contributed by atoms with Crippen molar-refractivity contribution in [1.82, 2.24) is 19.5 Å². The Hall–Kier alpha value is -7.99. The first-order chi connectivity index (χ1) is 30.7. The van der Waals surface area contributed by atoms with Crippen molar-refractivity contribution in [3.8, 4) is 73.2 Å². The van der Waals surface area contributed by atoms with Crippen molar-refractivity contribution in [2.24, 2.45) is 0 Å². The summed E-state index contributed by atoms with van der Waals surface area (Å²) in [7, 11) is 0. The van der Waals surface area contributed by atoms with E-state index in [1.807, 2.05) is 17.4 Å². The molecule has 12 aromatic rings. The summed E-state index contributed by atoms with van der Waals surface area (Å²) < 4.78 is 4.95. The third-order valence-corrected chi connectivity index (χ3v) is 13.0. The van der Waals surface area contributed by atoms with Crippen molar-refractivity contribution in [3.05, 3.63) is 218 Å². The lowest BCUT2D eigenvalue weighted by Crippen LogP contribution is -2.04. The molecule has 0 amide bonds. The minimum Gasteiger partial charge on any atom is -0.308 e. The zero-order chi connectivity index (χ0) is 41.0. The molecule has 9 aromatic carbocycles. The van der Waals surface area contributed by atoms with Gasteiger partial charge in [-0.2, -0.15) is 0 Å². The Balaban J connectivity index is 1.07. The van der Waals surface area contributed by atoms with Crippen molar-refractivity contribution >= 4 is 53.3 Å². The normalized spacial score (nSPS) is 11.5. The predicted octanol–water partition coefficient (Wildman–Crippen LogP) is 15.3. The van der Waals surface area contributed by atoms with Gasteiger partial charge in [-0.05, 0) is 81.9 Å². The highest BCUT2D eigenvalue weighted by molar-refractivity contribution is 7.25. The van der Waals surface area contributed by atoms with E-state index in [4.69, 9.17) is 15.0 Å². The van der Waals surface area contributed by atoms with Crippen molar-refractivity contribution in [1.29, 1.82) is 0 Å². The first-order valence-corrected chi connectivity index (χ1v) is 21.7. The Morgan fingerprint density at radius 3 is 1.48 bits per heavy atom. The third kappa shape index (κ3) is 6.26. The van der Waals surface area contributed by atoms with E-state index >= 15 is 0 Å². The lowest BCUT2D eigenvalue weighted by atomic mass is 10.00. The molecule has 0 saturated heterocycles. The molecule has 12 rings (SSSR count). The van der Waals surface area contributed by atoms with Crippen molar-refractivity contribution < 1.29 is 0 Å².